The second kappa shape index (κ2) is 8.11. The predicted molar refractivity (Wildman–Crippen MR) is 102 cm³/mol. The molecule has 0 radical (unpaired) electrons. The molecule has 3 rings (SSSR count). The molecule has 1 aliphatic heterocycles. The number of para-hydroxylation sites is 2. The van der Waals surface area contributed by atoms with Gasteiger partial charge in [0.15, 0.2) is 0 Å². The summed E-state index contributed by atoms with van der Waals surface area (Å²) in [6.45, 7) is 7.07. The van der Waals surface area contributed by atoms with Crippen LogP contribution in [-0.2, 0) is 9.59 Å². The first-order chi connectivity index (χ1) is 12.5. The van der Waals surface area contributed by atoms with Crippen LogP contribution in [0, 0.1) is 5.92 Å². The second-order valence-corrected chi connectivity index (χ2v) is 7.58. The Morgan fingerprint density at radius 2 is 1.96 bits per heavy atom. The molecule has 2 fully saturated rings. The lowest BCUT2D eigenvalue weighted by atomic mass is 10.0. The Labute approximate surface area is 156 Å². The van der Waals surface area contributed by atoms with Crippen molar-refractivity contribution in [2.45, 2.75) is 65.0 Å². The number of benzene rings is 1. The first kappa shape index (κ1) is 18.7. The van der Waals surface area contributed by atoms with Crippen LogP contribution in [0.15, 0.2) is 24.3 Å². The van der Waals surface area contributed by atoms with Gasteiger partial charge in [-0.3, -0.25) is 9.59 Å². The molecule has 0 spiro atoms. The van der Waals surface area contributed by atoms with Gasteiger partial charge in [-0.1, -0.05) is 25.0 Å². The maximum Gasteiger partial charge on any atom is 0.228 e. The molecule has 1 aromatic carbocycles. The quantitative estimate of drug-likeness (QED) is 0.780. The molecule has 142 valence electrons. The fourth-order valence-electron chi connectivity index (χ4n) is 4.31. The van der Waals surface area contributed by atoms with Gasteiger partial charge < -0.3 is 14.5 Å². The van der Waals surface area contributed by atoms with Crippen LogP contribution < -0.4 is 9.64 Å². The first-order valence-electron chi connectivity index (χ1n) is 9.87. The van der Waals surface area contributed by atoms with Crippen molar-refractivity contribution in [2.75, 3.05) is 18.1 Å². The van der Waals surface area contributed by atoms with Gasteiger partial charge in [-0.05, 0) is 45.7 Å². The van der Waals surface area contributed by atoms with E-state index in [9.17, 15) is 9.59 Å². The zero-order valence-electron chi connectivity index (χ0n) is 16.1. The number of rotatable bonds is 6. The SMILES string of the molecule is CCOc1ccccc1N1CC(C(=O)N(C(C)C)C2CCCC2)CC1=O. The van der Waals surface area contributed by atoms with Crippen molar-refractivity contribution >= 4 is 17.5 Å². The summed E-state index contributed by atoms with van der Waals surface area (Å²) in [7, 11) is 0. The van der Waals surface area contributed by atoms with Crippen LogP contribution in [0.2, 0.25) is 0 Å². The molecule has 0 bridgehead atoms. The van der Waals surface area contributed by atoms with Gasteiger partial charge in [0.1, 0.15) is 5.75 Å². The molecule has 2 amide bonds. The van der Waals surface area contributed by atoms with Crippen LogP contribution in [0.4, 0.5) is 5.69 Å². The van der Waals surface area contributed by atoms with Gasteiger partial charge in [0.05, 0.1) is 18.2 Å². The topological polar surface area (TPSA) is 49.9 Å². The maximum atomic E-state index is 13.2. The van der Waals surface area contributed by atoms with E-state index in [1.807, 2.05) is 36.1 Å². The fourth-order valence-corrected chi connectivity index (χ4v) is 4.31. The summed E-state index contributed by atoms with van der Waals surface area (Å²) in [6.07, 6.45) is 4.84. The van der Waals surface area contributed by atoms with E-state index in [2.05, 4.69) is 13.8 Å². The molecule has 2 aliphatic rings. The number of ether oxygens (including phenoxy) is 1. The number of carbonyl (C=O) groups is 2. The number of amides is 2. The summed E-state index contributed by atoms with van der Waals surface area (Å²) in [5, 5.41) is 0. The minimum Gasteiger partial charge on any atom is -0.492 e. The van der Waals surface area contributed by atoms with Crippen molar-refractivity contribution < 1.29 is 14.3 Å². The van der Waals surface area contributed by atoms with E-state index >= 15 is 0 Å². The Balaban J connectivity index is 1.77. The minimum absolute atomic E-state index is 0.00521. The number of hydrogen-bond donors (Lipinski definition) is 0. The van der Waals surface area contributed by atoms with E-state index in [0.717, 1.165) is 18.5 Å². The van der Waals surface area contributed by atoms with Crippen molar-refractivity contribution in [1.82, 2.24) is 4.90 Å². The van der Waals surface area contributed by atoms with Gasteiger partial charge in [-0.15, -0.1) is 0 Å². The van der Waals surface area contributed by atoms with Gasteiger partial charge >= 0.3 is 0 Å². The molecule has 1 saturated heterocycles. The average molecular weight is 358 g/mol. The first-order valence-corrected chi connectivity index (χ1v) is 9.87. The van der Waals surface area contributed by atoms with Crippen molar-refractivity contribution in [2.24, 2.45) is 5.92 Å². The summed E-state index contributed by atoms with van der Waals surface area (Å²) in [4.78, 5) is 29.6. The molecule has 1 heterocycles. The third-order valence-electron chi connectivity index (χ3n) is 5.46. The van der Waals surface area contributed by atoms with Crippen molar-refractivity contribution in [3.05, 3.63) is 24.3 Å². The summed E-state index contributed by atoms with van der Waals surface area (Å²) in [6, 6.07) is 8.08. The number of hydrogen-bond acceptors (Lipinski definition) is 3. The number of anilines is 1. The molecule has 1 aliphatic carbocycles. The van der Waals surface area contributed by atoms with E-state index in [-0.39, 0.29) is 30.2 Å². The molecule has 5 heteroatoms. The molecular formula is C21H30N2O3. The lowest BCUT2D eigenvalue weighted by Crippen LogP contribution is -2.47. The molecule has 1 unspecified atom stereocenters. The Morgan fingerprint density at radius 3 is 2.62 bits per heavy atom. The summed E-state index contributed by atoms with van der Waals surface area (Å²) in [5.74, 6) is 0.579. The van der Waals surface area contributed by atoms with E-state index in [4.69, 9.17) is 4.74 Å². The van der Waals surface area contributed by atoms with Crippen LogP contribution in [0.3, 0.4) is 0 Å². The highest BCUT2D eigenvalue weighted by Crippen LogP contribution is 2.35. The molecule has 1 aromatic rings. The standard InChI is InChI=1S/C21H30N2O3/c1-4-26-19-12-8-7-11-18(19)22-14-16(13-20(22)24)21(25)23(15(2)3)17-9-5-6-10-17/h7-8,11-12,15-17H,4-6,9-10,13-14H2,1-3H3. The van der Waals surface area contributed by atoms with E-state index in [1.165, 1.54) is 12.8 Å². The maximum absolute atomic E-state index is 13.2. The largest absolute Gasteiger partial charge is 0.492 e. The van der Waals surface area contributed by atoms with Crippen LogP contribution in [0.5, 0.6) is 5.75 Å². The van der Waals surface area contributed by atoms with Gasteiger partial charge in [-0.25, -0.2) is 0 Å². The Hall–Kier alpha value is -2.04. The zero-order chi connectivity index (χ0) is 18.7. The molecule has 26 heavy (non-hydrogen) atoms. The summed E-state index contributed by atoms with van der Waals surface area (Å²) in [5.41, 5.74) is 0.770. The smallest absolute Gasteiger partial charge is 0.228 e. The molecule has 1 saturated carbocycles. The van der Waals surface area contributed by atoms with E-state index in [1.54, 1.807) is 4.90 Å². The highest BCUT2D eigenvalue weighted by atomic mass is 16.5. The predicted octanol–water partition coefficient (Wildman–Crippen LogP) is 3.62. The van der Waals surface area contributed by atoms with Gasteiger partial charge in [0.2, 0.25) is 11.8 Å². The molecule has 0 aromatic heterocycles. The van der Waals surface area contributed by atoms with Crippen LogP contribution in [-0.4, -0.2) is 41.9 Å². The van der Waals surface area contributed by atoms with Gasteiger partial charge in [0.25, 0.3) is 0 Å². The normalized spacial score (nSPS) is 20.8. The lowest BCUT2D eigenvalue weighted by molar-refractivity contribution is -0.140. The van der Waals surface area contributed by atoms with Gasteiger partial charge in [0, 0.05) is 25.0 Å². The second-order valence-electron chi connectivity index (χ2n) is 7.58. The third kappa shape index (κ3) is 3.71. The molecular weight excluding hydrogens is 328 g/mol. The highest BCUT2D eigenvalue weighted by Gasteiger charge is 2.40. The fraction of sp³-hybridized carbons (Fsp3) is 0.619. The molecule has 5 nitrogen and oxygen atoms in total. The molecule has 0 N–H and O–H groups in total. The summed E-state index contributed by atoms with van der Waals surface area (Å²) < 4.78 is 5.67. The Kier molecular flexibility index (Phi) is 5.84. The number of carbonyl (C=O) groups excluding carboxylic acids is 2. The average Bonchev–Trinajstić information content (AvgIpc) is 3.25. The number of nitrogens with zero attached hydrogens (tertiary/aromatic N) is 2. The lowest BCUT2D eigenvalue weighted by Gasteiger charge is -2.34. The molecule has 1 atom stereocenters. The van der Waals surface area contributed by atoms with Crippen LogP contribution in [0.1, 0.15) is 52.9 Å². The van der Waals surface area contributed by atoms with Crippen molar-refractivity contribution in [3.63, 3.8) is 0 Å². The van der Waals surface area contributed by atoms with Crippen LogP contribution in [0.25, 0.3) is 0 Å². The third-order valence-corrected chi connectivity index (χ3v) is 5.46. The zero-order valence-corrected chi connectivity index (χ0v) is 16.1. The van der Waals surface area contributed by atoms with E-state index < -0.39 is 0 Å². The minimum atomic E-state index is -0.264. The van der Waals surface area contributed by atoms with E-state index in [0.29, 0.717) is 24.9 Å². The monoisotopic (exact) mass is 358 g/mol. The van der Waals surface area contributed by atoms with Crippen molar-refractivity contribution in [1.29, 1.82) is 0 Å². The Morgan fingerprint density at radius 1 is 1.27 bits per heavy atom. The van der Waals surface area contributed by atoms with Crippen molar-refractivity contribution in [3.8, 4) is 5.75 Å². The Bertz CT molecular complexity index is 652. The highest BCUT2D eigenvalue weighted by molar-refractivity contribution is 6.01. The van der Waals surface area contributed by atoms with Crippen LogP contribution >= 0.6 is 0 Å². The summed E-state index contributed by atoms with van der Waals surface area (Å²) >= 11 is 0. The van der Waals surface area contributed by atoms with Gasteiger partial charge in [-0.2, -0.15) is 0 Å².